The van der Waals surface area contributed by atoms with Crippen LogP contribution in [0.1, 0.15) is 51.4 Å². The molecule has 0 aromatic rings. The van der Waals surface area contributed by atoms with Gasteiger partial charge in [0.25, 0.3) is 0 Å². The number of nitrogens with zero attached hydrogens (tertiary/aromatic N) is 1. The van der Waals surface area contributed by atoms with Crippen molar-refractivity contribution in [3.05, 3.63) is 0 Å². The lowest BCUT2D eigenvalue weighted by atomic mass is 9.92. The summed E-state index contributed by atoms with van der Waals surface area (Å²) < 4.78 is 0. The van der Waals surface area contributed by atoms with Crippen molar-refractivity contribution in [1.29, 1.82) is 0 Å². The molecule has 0 amide bonds. The van der Waals surface area contributed by atoms with Crippen molar-refractivity contribution < 1.29 is 5.11 Å². The van der Waals surface area contributed by atoms with Crippen LogP contribution in [0.4, 0.5) is 0 Å². The number of likely N-dealkylation sites (tertiary alicyclic amines) is 1. The largest absolute Gasteiger partial charge is 0.396 e. The first-order chi connectivity index (χ1) is 9.83. The first-order valence-corrected chi connectivity index (χ1v) is 9.82. The lowest BCUT2D eigenvalue weighted by Crippen LogP contribution is -2.50. The van der Waals surface area contributed by atoms with E-state index >= 15 is 0 Å². The lowest BCUT2D eigenvalue weighted by molar-refractivity contribution is 0.112. The van der Waals surface area contributed by atoms with Crippen molar-refractivity contribution in [2.45, 2.75) is 69.5 Å². The van der Waals surface area contributed by atoms with Gasteiger partial charge in [-0.15, -0.1) is 0 Å². The molecule has 1 saturated carbocycles. The highest BCUT2D eigenvalue weighted by atomic mass is 32.2. The average molecular weight is 301 g/mol. The van der Waals surface area contributed by atoms with E-state index in [1.807, 2.05) is 11.8 Å². The van der Waals surface area contributed by atoms with E-state index in [-0.39, 0.29) is 0 Å². The Hall–Kier alpha value is 0.230. The standard InChI is InChI=1S/C16H32N2OS/c1-20-13-15(9-12-19)17-14-7-10-18(11-8-14)16-5-3-2-4-6-16/h14-17,19H,2-13H2,1H3. The number of thioether (sulfide) groups is 1. The second kappa shape index (κ2) is 9.29. The summed E-state index contributed by atoms with van der Waals surface area (Å²) in [5.41, 5.74) is 0. The lowest BCUT2D eigenvalue weighted by Gasteiger charge is -2.40. The number of nitrogens with one attached hydrogen (secondary N) is 1. The number of aliphatic hydroxyl groups excluding tert-OH is 1. The first kappa shape index (κ1) is 16.6. The van der Waals surface area contributed by atoms with Gasteiger partial charge in [-0.3, -0.25) is 0 Å². The normalized spacial score (nSPS) is 24.9. The van der Waals surface area contributed by atoms with Crippen molar-refractivity contribution in [3.63, 3.8) is 0 Å². The highest BCUT2D eigenvalue weighted by Crippen LogP contribution is 2.25. The summed E-state index contributed by atoms with van der Waals surface area (Å²) in [6.07, 6.45) is 12.8. The summed E-state index contributed by atoms with van der Waals surface area (Å²) in [4.78, 5) is 2.74. The van der Waals surface area contributed by atoms with E-state index in [0.717, 1.165) is 18.2 Å². The quantitative estimate of drug-likeness (QED) is 0.757. The van der Waals surface area contributed by atoms with Crippen LogP contribution in [0.2, 0.25) is 0 Å². The molecule has 2 aliphatic rings. The zero-order valence-electron chi connectivity index (χ0n) is 13.0. The summed E-state index contributed by atoms with van der Waals surface area (Å²) in [6, 6.07) is 2.03. The van der Waals surface area contributed by atoms with E-state index in [2.05, 4.69) is 16.5 Å². The second-order valence-corrected chi connectivity index (χ2v) is 7.34. The maximum atomic E-state index is 9.15. The minimum absolute atomic E-state index is 0.305. The van der Waals surface area contributed by atoms with Gasteiger partial charge in [-0.2, -0.15) is 11.8 Å². The van der Waals surface area contributed by atoms with Crippen LogP contribution in [-0.4, -0.2) is 59.8 Å². The van der Waals surface area contributed by atoms with E-state index in [1.54, 1.807) is 0 Å². The third-order valence-electron chi connectivity index (χ3n) is 4.94. The summed E-state index contributed by atoms with van der Waals surface area (Å²) in [5, 5.41) is 12.9. The molecule has 2 fully saturated rings. The second-order valence-electron chi connectivity index (χ2n) is 6.43. The van der Waals surface area contributed by atoms with Crippen molar-refractivity contribution in [3.8, 4) is 0 Å². The summed E-state index contributed by atoms with van der Waals surface area (Å²) >= 11 is 1.88. The molecule has 0 radical (unpaired) electrons. The monoisotopic (exact) mass is 300 g/mol. The minimum Gasteiger partial charge on any atom is -0.396 e. The molecule has 1 aliphatic carbocycles. The molecule has 0 aromatic carbocycles. The third kappa shape index (κ3) is 5.21. The van der Waals surface area contributed by atoms with Crippen molar-refractivity contribution in [2.75, 3.05) is 31.7 Å². The van der Waals surface area contributed by atoms with Crippen LogP contribution in [-0.2, 0) is 0 Å². The Bertz CT molecular complexity index is 245. The smallest absolute Gasteiger partial charge is 0.0446 e. The van der Waals surface area contributed by atoms with Gasteiger partial charge in [0.1, 0.15) is 0 Å². The Morgan fingerprint density at radius 1 is 1.15 bits per heavy atom. The molecule has 1 unspecified atom stereocenters. The van der Waals surface area contributed by atoms with E-state index in [0.29, 0.717) is 18.7 Å². The van der Waals surface area contributed by atoms with Crippen molar-refractivity contribution in [2.24, 2.45) is 0 Å². The Morgan fingerprint density at radius 2 is 1.85 bits per heavy atom. The molecule has 0 bridgehead atoms. The Labute approximate surface area is 128 Å². The molecular formula is C16H32N2OS. The number of rotatable bonds is 7. The predicted molar refractivity (Wildman–Crippen MR) is 88.5 cm³/mol. The van der Waals surface area contributed by atoms with Crippen LogP contribution in [0.5, 0.6) is 0 Å². The van der Waals surface area contributed by atoms with Gasteiger partial charge in [-0.1, -0.05) is 19.3 Å². The molecular weight excluding hydrogens is 268 g/mol. The maximum absolute atomic E-state index is 9.15. The SMILES string of the molecule is CSCC(CCO)NC1CCN(C2CCCCC2)CC1. The molecule has 2 rings (SSSR count). The van der Waals surface area contributed by atoms with Crippen LogP contribution < -0.4 is 5.32 Å². The van der Waals surface area contributed by atoms with Gasteiger partial charge in [0.2, 0.25) is 0 Å². The highest BCUT2D eigenvalue weighted by Gasteiger charge is 2.26. The zero-order valence-corrected chi connectivity index (χ0v) is 13.8. The van der Waals surface area contributed by atoms with Crippen LogP contribution in [0, 0.1) is 0 Å². The molecule has 2 N–H and O–H groups in total. The van der Waals surface area contributed by atoms with Gasteiger partial charge < -0.3 is 15.3 Å². The zero-order chi connectivity index (χ0) is 14.2. The van der Waals surface area contributed by atoms with E-state index in [1.165, 1.54) is 58.0 Å². The fourth-order valence-corrected chi connectivity index (χ4v) is 4.45. The summed E-state index contributed by atoms with van der Waals surface area (Å²) in [7, 11) is 0. The predicted octanol–water partition coefficient (Wildman–Crippen LogP) is 2.49. The Kier molecular flexibility index (Phi) is 7.71. The van der Waals surface area contributed by atoms with E-state index in [9.17, 15) is 0 Å². The van der Waals surface area contributed by atoms with Crippen LogP contribution in [0.25, 0.3) is 0 Å². The van der Waals surface area contributed by atoms with Gasteiger partial charge in [-0.25, -0.2) is 0 Å². The fraction of sp³-hybridized carbons (Fsp3) is 1.00. The summed E-state index contributed by atoms with van der Waals surface area (Å²) in [6.45, 7) is 2.85. The molecule has 1 aliphatic heterocycles. The topological polar surface area (TPSA) is 35.5 Å². The molecule has 4 heteroatoms. The minimum atomic E-state index is 0.305. The molecule has 0 spiro atoms. The highest BCUT2D eigenvalue weighted by molar-refractivity contribution is 7.98. The average Bonchev–Trinajstić information content (AvgIpc) is 2.49. The Balaban J connectivity index is 1.69. The van der Waals surface area contributed by atoms with Gasteiger partial charge >= 0.3 is 0 Å². The first-order valence-electron chi connectivity index (χ1n) is 8.43. The fourth-order valence-electron chi connectivity index (χ4n) is 3.78. The van der Waals surface area contributed by atoms with Gasteiger partial charge in [0, 0.05) is 30.5 Å². The molecule has 0 aromatic heterocycles. The van der Waals surface area contributed by atoms with Crippen molar-refractivity contribution in [1.82, 2.24) is 10.2 Å². The van der Waals surface area contributed by atoms with E-state index in [4.69, 9.17) is 5.11 Å². The maximum Gasteiger partial charge on any atom is 0.0446 e. The number of hydrogen-bond donors (Lipinski definition) is 2. The molecule has 1 saturated heterocycles. The van der Waals surface area contributed by atoms with Crippen molar-refractivity contribution >= 4 is 11.8 Å². The molecule has 20 heavy (non-hydrogen) atoms. The number of aliphatic hydroxyl groups is 1. The molecule has 1 atom stereocenters. The van der Waals surface area contributed by atoms with Crippen LogP contribution in [0.3, 0.4) is 0 Å². The Morgan fingerprint density at radius 3 is 2.45 bits per heavy atom. The summed E-state index contributed by atoms with van der Waals surface area (Å²) in [5.74, 6) is 1.11. The molecule has 3 nitrogen and oxygen atoms in total. The number of hydrogen-bond acceptors (Lipinski definition) is 4. The number of piperidine rings is 1. The van der Waals surface area contributed by atoms with Gasteiger partial charge in [0.05, 0.1) is 0 Å². The molecule has 118 valence electrons. The van der Waals surface area contributed by atoms with E-state index < -0.39 is 0 Å². The van der Waals surface area contributed by atoms with Gasteiger partial charge in [-0.05, 0) is 51.4 Å². The van der Waals surface area contributed by atoms with Crippen LogP contribution in [0.15, 0.2) is 0 Å². The van der Waals surface area contributed by atoms with Gasteiger partial charge in [0.15, 0.2) is 0 Å². The third-order valence-corrected chi connectivity index (χ3v) is 5.67. The molecule has 1 heterocycles. The van der Waals surface area contributed by atoms with Crippen LogP contribution >= 0.6 is 11.8 Å².